The predicted octanol–water partition coefficient (Wildman–Crippen LogP) is 3.82. The number of rotatable bonds is 4. The van der Waals surface area contributed by atoms with E-state index in [-0.39, 0.29) is 5.82 Å². The fourth-order valence-corrected chi connectivity index (χ4v) is 2.87. The van der Waals surface area contributed by atoms with Crippen molar-refractivity contribution >= 4 is 0 Å². The molecule has 2 aromatic rings. The van der Waals surface area contributed by atoms with Crippen LogP contribution in [0.2, 0.25) is 0 Å². The first-order valence-electron chi connectivity index (χ1n) is 7.14. The lowest BCUT2D eigenvalue weighted by atomic mass is 9.75. The van der Waals surface area contributed by atoms with Crippen LogP contribution in [0.1, 0.15) is 42.9 Å². The largest absolute Gasteiger partial charge is 0.307 e. The fraction of sp³-hybridized carbons (Fsp3) is 0.353. The van der Waals surface area contributed by atoms with Gasteiger partial charge in [0.2, 0.25) is 0 Å². The van der Waals surface area contributed by atoms with E-state index in [1.807, 2.05) is 18.3 Å². The molecule has 0 radical (unpaired) electrons. The molecule has 0 amide bonds. The Bertz CT molecular complexity index is 564. The lowest BCUT2D eigenvalue weighted by Crippen LogP contribution is -2.41. The summed E-state index contributed by atoms with van der Waals surface area (Å²) in [6.45, 7) is 2.16. The van der Waals surface area contributed by atoms with Gasteiger partial charge in [0.15, 0.2) is 0 Å². The van der Waals surface area contributed by atoms with E-state index in [1.165, 1.54) is 11.6 Å². The number of benzene rings is 1. The Hall–Kier alpha value is -1.74. The zero-order valence-corrected chi connectivity index (χ0v) is 11.6. The van der Waals surface area contributed by atoms with Crippen molar-refractivity contribution < 1.29 is 4.39 Å². The van der Waals surface area contributed by atoms with Crippen molar-refractivity contribution in [3.63, 3.8) is 0 Å². The Morgan fingerprint density at radius 3 is 2.80 bits per heavy atom. The molecular formula is C17H19FN2. The normalized spacial score (nSPS) is 23.1. The maximum absolute atomic E-state index is 13.2. The van der Waals surface area contributed by atoms with Crippen LogP contribution in [0.25, 0.3) is 0 Å². The SMILES string of the molecule is C[C@@H](NC1CC(c2cccc(F)c2)C1)c1cccnc1. The summed E-state index contributed by atoms with van der Waals surface area (Å²) in [6, 6.07) is 11.9. The van der Waals surface area contributed by atoms with Gasteiger partial charge in [0.1, 0.15) is 5.82 Å². The molecule has 0 bridgehead atoms. The molecule has 1 saturated carbocycles. The van der Waals surface area contributed by atoms with E-state index < -0.39 is 0 Å². The molecule has 20 heavy (non-hydrogen) atoms. The summed E-state index contributed by atoms with van der Waals surface area (Å²) < 4.78 is 13.2. The number of hydrogen-bond acceptors (Lipinski definition) is 2. The second-order valence-electron chi connectivity index (χ2n) is 5.59. The van der Waals surface area contributed by atoms with Crippen LogP contribution in [0.4, 0.5) is 4.39 Å². The topological polar surface area (TPSA) is 24.9 Å². The van der Waals surface area contributed by atoms with Crippen LogP contribution in [-0.4, -0.2) is 11.0 Å². The Morgan fingerprint density at radius 2 is 2.10 bits per heavy atom. The highest BCUT2D eigenvalue weighted by Crippen LogP contribution is 2.38. The van der Waals surface area contributed by atoms with Crippen molar-refractivity contribution in [1.82, 2.24) is 10.3 Å². The first-order chi connectivity index (χ1) is 9.72. The van der Waals surface area contributed by atoms with Crippen molar-refractivity contribution in [3.05, 3.63) is 65.7 Å². The zero-order chi connectivity index (χ0) is 13.9. The second-order valence-corrected chi connectivity index (χ2v) is 5.59. The maximum Gasteiger partial charge on any atom is 0.123 e. The summed E-state index contributed by atoms with van der Waals surface area (Å²) in [7, 11) is 0. The molecule has 1 fully saturated rings. The molecule has 2 nitrogen and oxygen atoms in total. The second kappa shape index (κ2) is 5.71. The van der Waals surface area contributed by atoms with Gasteiger partial charge >= 0.3 is 0 Å². The summed E-state index contributed by atoms with van der Waals surface area (Å²) in [5.74, 6) is 0.354. The summed E-state index contributed by atoms with van der Waals surface area (Å²) in [4.78, 5) is 4.15. The molecule has 1 heterocycles. The Morgan fingerprint density at radius 1 is 1.25 bits per heavy atom. The molecule has 0 spiro atoms. The average molecular weight is 270 g/mol. The van der Waals surface area contributed by atoms with Gasteiger partial charge in [-0.3, -0.25) is 4.98 Å². The molecule has 0 saturated heterocycles. The number of hydrogen-bond donors (Lipinski definition) is 1. The van der Waals surface area contributed by atoms with Crippen LogP contribution >= 0.6 is 0 Å². The Labute approximate surface area is 119 Å². The van der Waals surface area contributed by atoms with E-state index in [4.69, 9.17) is 0 Å². The van der Waals surface area contributed by atoms with Crippen molar-refractivity contribution in [2.24, 2.45) is 0 Å². The third-order valence-corrected chi connectivity index (χ3v) is 4.13. The third-order valence-electron chi connectivity index (χ3n) is 4.13. The number of halogens is 1. The van der Waals surface area contributed by atoms with Crippen molar-refractivity contribution in [2.45, 2.75) is 37.8 Å². The molecule has 1 atom stereocenters. The fourth-order valence-electron chi connectivity index (χ4n) is 2.87. The van der Waals surface area contributed by atoms with E-state index in [1.54, 1.807) is 18.3 Å². The Balaban J connectivity index is 1.54. The van der Waals surface area contributed by atoms with E-state index >= 15 is 0 Å². The van der Waals surface area contributed by atoms with Crippen LogP contribution in [0.15, 0.2) is 48.8 Å². The zero-order valence-electron chi connectivity index (χ0n) is 11.6. The Kier molecular flexibility index (Phi) is 3.79. The van der Waals surface area contributed by atoms with Gasteiger partial charge in [0, 0.05) is 24.5 Å². The molecule has 0 unspecified atom stereocenters. The molecule has 1 aromatic heterocycles. The smallest absolute Gasteiger partial charge is 0.123 e. The summed E-state index contributed by atoms with van der Waals surface area (Å²) in [6.07, 6.45) is 5.85. The third kappa shape index (κ3) is 2.88. The number of nitrogens with zero attached hydrogens (tertiary/aromatic N) is 1. The van der Waals surface area contributed by atoms with Crippen LogP contribution in [0, 0.1) is 5.82 Å². The molecule has 1 N–H and O–H groups in total. The monoisotopic (exact) mass is 270 g/mol. The maximum atomic E-state index is 13.2. The molecule has 3 rings (SSSR count). The molecule has 1 aromatic carbocycles. The summed E-state index contributed by atoms with van der Waals surface area (Å²) in [5.41, 5.74) is 2.33. The van der Waals surface area contributed by atoms with Crippen LogP contribution in [0.5, 0.6) is 0 Å². The highest BCUT2D eigenvalue weighted by Gasteiger charge is 2.31. The van der Waals surface area contributed by atoms with Gasteiger partial charge < -0.3 is 5.32 Å². The number of aromatic nitrogens is 1. The van der Waals surface area contributed by atoms with Gasteiger partial charge in [-0.05, 0) is 55.0 Å². The highest BCUT2D eigenvalue weighted by molar-refractivity contribution is 5.24. The minimum absolute atomic E-state index is 0.136. The molecular weight excluding hydrogens is 251 g/mol. The van der Waals surface area contributed by atoms with Crippen molar-refractivity contribution in [1.29, 1.82) is 0 Å². The number of pyridine rings is 1. The van der Waals surface area contributed by atoms with Gasteiger partial charge in [0.25, 0.3) is 0 Å². The van der Waals surface area contributed by atoms with E-state index in [0.717, 1.165) is 18.4 Å². The summed E-state index contributed by atoms with van der Waals surface area (Å²) in [5, 5.41) is 3.61. The van der Waals surface area contributed by atoms with Gasteiger partial charge in [-0.1, -0.05) is 18.2 Å². The standard InChI is InChI=1S/C17H19FN2/c1-12(14-5-3-7-19-11-14)20-17-9-15(10-17)13-4-2-6-16(18)8-13/h2-8,11-12,15,17,20H,9-10H2,1H3/t12-,15?,17?/m1/s1. The van der Waals surface area contributed by atoms with Crippen molar-refractivity contribution in [2.75, 3.05) is 0 Å². The number of nitrogens with one attached hydrogen (secondary N) is 1. The van der Waals surface area contributed by atoms with Crippen LogP contribution < -0.4 is 5.32 Å². The van der Waals surface area contributed by atoms with Crippen LogP contribution in [0.3, 0.4) is 0 Å². The minimum atomic E-state index is -0.136. The minimum Gasteiger partial charge on any atom is -0.307 e. The first kappa shape index (κ1) is 13.3. The predicted molar refractivity (Wildman–Crippen MR) is 78.0 cm³/mol. The van der Waals surface area contributed by atoms with E-state index in [9.17, 15) is 4.39 Å². The van der Waals surface area contributed by atoms with E-state index in [0.29, 0.717) is 18.0 Å². The van der Waals surface area contributed by atoms with Gasteiger partial charge in [-0.2, -0.15) is 0 Å². The van der Waals surface area contributed by atoms with E-state index in [2.05, 4.69) is 23.3 Å². The quantitative estimate of drug-likeness (QED) is 0.913. The lowest BCUT2D eigenvalue weighted by Gasteiger charge is -2.38. The van der Waals surface area contributed by atoms with Crippen molar-refractivity contribution in [3.8, 4) is 0 Å². The molecule has 3 heteroatoms. The van der Waals surface area contributed by atoms with Gasteiger partial charge in [-0.25, -0.2) is 4.39 Å². The first-order valence-corrected chi connectivity index (χ1v) is 7.14. The molecule has 104 valence electrons. The lowest BCUT2D eigenvalue weighted by molar-refractivity contribution is 0.270. The molecule has 0 aliphatic heterocycles. The molecule has 1 aliphatic carbocycles. The highest BCUT2D eigenvalue weighted by atomic mass is 19.1. The van der Waals surface area contributed by atoms with Gasteiger partial charge in [-0.15, -0.1) is 0 Å². The van der Waals surface area contributed by atoms with Crippen LogP contribution in [-0.2, 0) is 0 Å². The average Bonchev–Trinajstić information content (AvgIpc) is 2.43. The summed E-state index contributed by atoms with van der Waals surface area (Å²) >= 11 is 0. The van der Waals surface area contributed by atoms with Gasteiger partial charge in [0.05, 0.1) is 0 Å². The molecule has 1 aliphatic rings.